The zero-order valence-electron chi connectivity index (χ0n) is 17.6. The molecule has 0 aliphatic carbocycles. The number of unbranched alkanes of at least 4 members (excludes halogenated alkanes) is 2. The number of para-hydroxylation sites is 2. The standard InChI is InChI=1S/2C7H6O4.2C4H9.Sn/c2*8-5-3-1-2-4(6(5)9)7(10)11;2*1-3-4-2;/h2*1-3,8-9H,(H,10,11);2*1,3-4H2,2H3;/q;;;;+2/p-2. The van der Waals surface area contributed by atoms with Crippen molar-refractivity contribution in [2.45, 2.75) is 48.4 Å². The van der Waals surface area contributed by atoms with Crippen LogP contribution in [0.4, 0.5) is 0 Å². The summed E-state index contributed by atoms with van der Waals surface area (Å²) in [5.41, 5.74) is -0.824. The Kier molecular flexibility index (Phi) is 14.8. The van der Waals surface area contributed by atoms with E-state index in [1.54, 1.807) is 8.87 Å². The van der Waals surface area contributed by atoms with Gasteiger partial charge in [0.2, 0.25) is 0 Å². The van der Waals surface area contributed by atoms with Crippen molar-refractivity contribution >= 4 is 33.1 Å². The number of aromatic hydroxyl groups is 4. The Morgan fingerprint density at radius 3 is 1.35 bits per heavy atom. The summed E-state index contributed by atoms with van der Waals surface area (Å²) in [6.45, 7) is 4.58. The van der Waals surface area contributed by atoms with E-state index < -0.39 is 46.1 Å². The molecule has 0 fully saturated rings. The van der Waals surface area contributed by atoms with E-state index in [-0.39, 0.29) is 21.1 Å². The molecule has 0 amide bonds. The molecule has 0 unspecified atom stereocenters. The molecule has 31 heavy (non-hydrogen) atoms. The number of carboxylic acid groups (broad SMARTS) is 2. The summed E-state index contributed by atoms with van der Waals surface area (Å²) < 4.78 is 3.25. The Labute approximate surface area is 192 Å². The van der Waals surface area contributed by atoms with E-state index in [1.807, 2.05) is 0 Å². The first-order valence-electron chi connectivity index (χ1n) is 9.82. The van der Waals surface area contributed by atoms with Crippen LogP contribution in [0.15, 0.2) is 36.4 Å². The van der Waals surface area contributed by atoms with Gasteiger partial charge >= 0.3 is 69.5 Å². The average molecular weight is 539 g/mol. The van der Waals surface area contributed by atoms with Crippen LogP contribution in [0.3, 0.4) is 0 Å². The second-order valence-corrected chi connectivity index (χ2v) is 10.7. The number of phenolic OH excluding ortho intramolecular Hbond substituents is 2. The van der Waals surface area contributed by atoms with Gasteiger partial charge in [-0.3, -0.25) is 0 Å². The summed E-state index contributed by atoms with van der Waals surface area (Å²) in [6, 6.07) is 7.26. The Bertz CT molecular complexity index is 756. The largest absolute Gasteiger partial charge is 0.545 e. The van der Waals surface area contributed by atoms with Gasteiger partial charge in [-0.2, -0.15) is 0 Å². The van der Waals surface area contributed by atoms with Crippen LogP contribution in [-0.2, 0) is 0 Å². The molecule has 0 aromatic heterocycles. The van der Waals surface area contributed by atoms with Gasteiger partial charge in [-0.15, -0.1) is 0 Å². The second-order valence-electron chi connectivity index (χ2n) is 6.38. The van der Waals surface area contributed by atoms with E-state index in [1.165, 1.54) is 49.9 Å². The minimum atomic E-state index is -1.52. The first-order chi connectivity index (χ1) is 14.7. The fraction of sp³-hybridized carbons (Fsp3) is 0.364. The number of hydrogen-bond acceptors (Lipinski definition) is 8. The second kappa shape index (κ2) is 16.1. The number of carbonyl (C=O) groups excluding carboxylic acids is 2. The Balaban J connectivity index is 0.000000439. The number of hydrogen-bond donors (Lipinski definition) is 4. The maximum Gasteiger partial charge on any atom is 0.166 e. The SMILES string of the molecule is CCC[CH2][Sn+2][CH2]CCC.O=C([O-])c1cccc(O)c1O.O=C([O-])c1cccc(O)c1O. The van der Waals surface area contributed by atoms with Gasteiger partial charge in [-0.25, -0.2) is 0 Å². The van der Waals surface area contributed by atoms with E-state index in [0.29, 0.717) is 0 Å². The first-order valence-corrected chi connectivity index (χ1v) is 13.9. The van der Waals surface area contributed by atoms with Crippen LogP contribution in [0.5, 0.6) is 23.0 Å². The Morgan fingerprint density at radius 1 is 0.742 bits per heavy atom. The molecule has 168 valence electrons. The summed E-state index contributed by atoms with van der Waals surface area (Å²) in [7, 11) is 0. The zero-order valence-corrected chi connectivity index (χ0v) is 20.5. The molecule has 0 aliphatic heterocycles. The van der Waals surface area contributed by atoms with Crippen LogP contribution in [0.2, 0.25) is 8.87 Å². The third kappa shape index (κ3) is 11.4. The summed E-state index contributed by atoms with van der Waals surface area (Å²) in [5, 5.41) is 55.8. The van der Waals surface area contributed by atoms with E-state index in [2.05, 4.69) is 13.8 Å². The number of rotatable bonds is 8. The van der Waals surface area contributed by atoms with Crippen molar-refractivity contribution in [1.82, 2.24) is 0 Å². The van der Waals surface area contributed by atoms with Gasteiger partial charge < -0.3 is 40.2 Å². The van der Waals surface area contributed by atoms with Gasteiger partial charge in [-0.05, 0) is 24.3 Å². The third-order valence-electron chi connectivity index (χ3n) is 3.88. The van der Waals surface area contributed by atoms with E-state index in [0.717, 1.165) is 12.1 Å². The van der Waals surface area contributed by atoms with Crippen LogP contribution < -0.4 is 10.2 Å². The predicted molar refractivity (Wildman–Crippen MR) is 113 cm³/mol. The number of carbonyl (C=O) groups is 2. The summed E-state index contributed by atoms with van der Waals surface area (Å²) in [5.74, 6) is -5.28. The summed E-state index contributed by atoms with van der Waals surface area (Å²) in [4.78, 5) is 20.4. The Morgan fingerprint density at radius 2 is 1.10 bits per heavy atom. The topological polar surface area (TPSA) is 161 Å². The molecule has 9 heteroatoms. The molecule has 0 radical (unpaired) electrons. The molecule has 2 aromatic carbocycles. The van der Waals surface area contributed by atoms with Gasteiger partial charge in [0, 0.05) is 11.1 Å². The van der Waals surface area contributed by atoms with Crippen LogP contribution in [-0.4, -0.2) is 53.5 Å². The number of benzene rings is 2. The molecule has 0 saturated carbocycles. The zero-order chi connectivity index (χ0) is 23.8. The molecule has 0 bridgehead atoms. The molecule has 8 nitrogen and oxygen atoms in total. The molecular formula is C22H28O8Sn. The third-order valence-corrected chi connectivity index (χ3v) is 7.92. The van der Waals surface area contributed by atoms with Crippen LogP contribution in [0.1, 0.15) is 60.2 Å². The molecule has 0 saturated heterocycles. The van der Waals surface area contributed by atoms with Gasteiger partial charge in [0.1, 0.15) is 0 Å². The van der Waals surface area contributed by atoms with Gasteiger partial charge in [0.05, 0.1) is 11.9 Å². The molecule has 4 N–H and O–H groups in total. The fourth-order valence-electron chi connectivity index (χ4n) is 2.12. The maximum atomic E-state index is 10.2. The first kappa shape index (κ1) is 28.4. The minimum Gasteiger partial charge on any atom is -0.545 e. The molecule has 0 spiro atoms. The van der Waals surface area contributed by atoms with Crippen LogP contribution in [0, 0.1) is 0 Å². The van der Waals surface area contributed by atoms with Crippen LogP contribution >= 0.6 is 0 Å². The summed E-state index contributed by atoms with van der Waals surface area (Å²) in [6.07, 6.45) is 5.84. The van der Waals surface area contributed by atoms with Crippen molar-refractivity contribution in [3.8, 4) is 23.0 Å². The molecule has 2 aromatic rings. The molecule has 0 atom stereocenters. The van der Waals surface area contributed by atoms with Crippen molar-refractivity contribution in [1.29, 1.82) is 0 Å². The van der Waals surface area contributed by atoms with Gasteiger partial charge in [0.15, 0.2) is 23.0 Å². The van der Waals surface area contributed by atoms with Crippen molar-refractivity contribution in [2.24, 2.45) is 0 Å². The Hall–Kier alpha value is -2.62. The normalized spacial score (nSPS) is 9.35. The number of carboxylic acids is 2. The van der Waals surface area contributed by atoms with Crippen molar-refractivity contribution in [3.05, 3.63) is 47.5 Å². The van der Waals surface area contributed by atoms with E-state index in [9.17, 15) is 19.8 Å². The molecule has 2 rings (SSSR count). The predicted octanol–water partition coefficient (Wildman–Crippen LogP) is 2.05. The molecule has 0 heterocycles. The van der Waals surface area contributed by atoms with Crippen molar-refractivity contribution in [3.63, 3.8) is 0 Å². The van der Waals surface area contributed by atoms with Gasteiger partial charge in [-0.1, -0.05) is 12.1 Å². The van der Waals surface area contributed by atoms with E-state index >= 15 is 0 Å². The smallest absolute Gasteiger partial charge is 0.166 e. The minimum absolute atomic E-state index is 0.149. The van der Waals surface area contributed by atoms with E-state index in [4.69, 9.17) is 20.4 Å². The fourth-order valence-corrected chi connectivity index (χ4v) is 6.28. The van der Waals surface area contributed by atoms with Gasteiger partial charge in [0.25, 0.3) is 0 Å². The maximum absolute atomic E-state index is 10.2. The summed E-state index contributed by atoms with van der Waals surface area (Å²) >= 11 is 0.149. The average Bonchev–Trinajstić information content (AvgIpc) is 2.72. The van der Waals surface area contributed by atoms with Crippen LogP contribution in [0.25, 0.3) is 0 Å². The number of phenols is 4. The van der Waals surface area contributed by atoms with Crippen molar-refractivity contribution < 1.29 is 40.2 Å². The monoisotopic (exact) mass is 540 g/mol. The molecule has 0 aliphatic rings. The quantitative estimate of drug-likeness (QED) is 0.225. The van der Waals surface area contributed by atoms with Crippen molar-refractivity contribution in [2.75, 3.05) is 0 Å². The molecular weight excluding hydrogens is 511 g/mol. The number of aromatic carboxylic acids is 2.